The van der Waals surface area contributed by atoms with Crippen molar-refractivity contribution in [1.82, 2.24) is 0 Å². The van der Waals surface area contributed by atoms with Crippen LogP contribution >= 0.6 is 27.5 Å². The molecular weight excluding hydrogens is 321 g/mol. The highest BCUT2D eigenvalue weighted by molar-refractivity contribution is 9.10. The van der Waals surface area contributed by atoms with Crippen molar-refractivity contribution in [2.24, 2.45) is 5.41 Å². The van der Waals surface area contributed by atoms with Gasteiger partial charge in [-0.05, 0) is 48.0 Å². The van der Waals surface area contributed by atoms with Gasteiger partial charge in [-0.25, -0.2) is 0 Å². The fourth-order valence-electron chi connectivity index (χ4n) is 1.26. The molecule has 0 saturated heterocycles. The van der Waals surface area contributed by atoms with E-state index in [4.69, 9.17) is 16.7 Å². The number of anilines is 1. The number of hydrogen-bond acceptors (Lipinski definition) is 2. The molecule has 0 radical (unpaired) electrons. The summed E-state index contributed by atoms with van der Waals surface area (Å²) in [6, 6.07) is 4.99. The molecule has 4 nitrogen and oxygen atoms in total. The van der Waals surface area contributed by atoms with Gasteiger partial charge < -0.3 is 10.4 Å². The van der Waals surface area contributed by atoms with Crippen LogP contribution in [0.4, 0.5) is 5.69 Å². The summed E-state index contributed by atoms with van der Waals surface area (Å²) < 4.78 is 0.730. The zero-order chi connectivity index (χ0) is 13.9. The van der Waals surface area contributed by atoms with Crippen molar-refractivity contribution in [2.45, 2.75) is 20.3 Å². The number of benzene rings is 1. The third kappa shape index (κ3) is 3.99. The molecule has 2 N–H and O–H groups in total. The normalized spacial score (nSPS) is 11.1. The number of carbonyl (C=O) groups excluding carboxylic acids is 1. The second-order valence-electron chi connectivity index (χ2n) is 4.54. The molecule has 1 aromatic rings. The fraction of sp³-hybridized carbons (Fsp3) is 0.333. The summed E-state index contributed by atoms with van der Waals surface area (Å²) in [5.74, 6) is -1.37. The molecule has 1 aromatic carbocycles. The zero-order valence-electron chi connectivity index (χ0n) is 9.96. The van der Waals surface area contributed by atoms with Crippen LogP contribution in [0.15, 0.2) is 22.7 Å². The van der Waals surface area contributed by atoms with Gasteiger partial charge in [-0.2, -0.15) is 0 Å². The van der Waals surface area contributed by atoms with Gasteiger partial charge in [0.1, 0.15) is 0 Å². The first-order chi connectivity index (χ1) is 8.22. The molecular formula is C12H13BrClNO3. The molecule has 0 heterocycles. The predicted octanol–water partition coefficient (Wildman–Crippen LogP) is 3.54. The minimum Gasteiger partial charge on any atom is -0.481 e. The maximum Gasteiger partial charge on any atom is 0.309 e. The molecule has 6 heteroatoms. The quantitative estimate of drug-likeness (QED) is 0.885. The minimum absolute atomic E-state index is 0.101. The van der Waals surface area contributed by atoms with Crippen molar-refractivity contribution in [3.05, 3.63) is 27.7 Å². The lowest BCUT2D eigenvalue weighted by atomic mass is 9.89. The lowest BCUT2D eigenvalue weighted by molar-refractivity contribution is -0.148. The third-order valence-corrected chi connectivity index (χ3v) is 3.62. The molecule has 0 bridgehead atoms. The largest absolute Gasteiger partial charge is 0.481 e. The minimum atomic E-state index is -1.09. The van der Waals surface area contributed by atoms with Gasteiger partial charge in [0.05, 0.1) is 10.4 Å². The molecule has 1 amide bonds. The van der Waals surface area contributed by atoms with Crippen LogP contribution < -0.4 is 5.32 Å². The summed E-state index contributed by atoms with van der Waals surface area (Å²) in [5.41, 5.74) is -0.558. The van der Waals surface area contributed by atoms with E-state index >= 15 is 0 Å². The average molecular weight is 335 g/mol. The first-order valence-corrected chi connectivity index (χ1v) is 6.38. The van der Waals surface area contributed by atoms with E-state index < -0.39 is 11.4 Å². The molecule has 98 valence electrons. The van der Waals surface area contributed by atoms with Crippen LogP contribution in [-0.4, -0.2) is 17.0 Å². The van der Waals surface area contributed by atoms with E-state index in [1.54, 1.807) is 18.2 Å². The maximum absolute atomic E-state index is 11.7. The van der Waals surface area contributed by atoms with Crippen molar-refractivity contribution in [3.63, 3.8) is 0 Å². The number of nitrogens with one attached hydrogen (secondary N) is 1. The Balaban J connectivity index is 2.71. The lowest BCUT2D eigenvalue weighted by Gasteiger charge is -2.18. The van der Waals surface area contributed by atoms with Crippen LogP contribution in [0.5, 0.6) is 0 Å². The highest BCUT2D eigenvalue weighted by Crippen LogP contribution is 2.26. The fourth-order valence-corrected chi connectivity index (χ4v) is 1.68. The molecule has 0 aliphatic carbocycles. The van der Waals surface area contributed by atoms with Crippen LogP contribution in [0.1, 0.15) is 20.3 Å². The Morgan fingerprint density at radius 3 is 2.56 bits per heavy atom. The second kappa shape index (κ2) is 5.71. The molecule has 0 spiro atoms. The number of carbonyl (C=O) groups is 2. The number of aliphatic carboxylic acids is 1. The summed E-state index contributed by atoms with van der Waals surface area (Å²) in [6.45, 7) is 3.01. The van der Waals surface area contributed by atoms with Crippen LogP contribution in [0.2, 0.25) is 5.02 Å². The van der Waals surface area contributed by atoms with E-state index in [-0.39, 0.29) is 12.3 Å². The molecule has 0 aliphatic heterocycles. The number of carboxylic acids is 1. The SMILES string of the molecule is CC(C)(CC(=O)Nc1ccc(Br)c(Cl)c1)C(=O)O. The number of hydrogen-bond donors (Lipinski definition) is 2. The molecule has 0 saturated carbocycles. The first kappa shape index (κ1) is 15.0. The summed E-state index contributed by atoms with van der Waals surface area (Å²) in [7, 11) is 0. The van der Waals surface area contributed by atoms with Crippen molar-refractivity contribution < 1.29 is 14.7 Å². The van der Waals surface area contributed by atoms with E-state index in [0.29, 0.717) is 10.7 Å². The Bertz CT molecular complexity index is 488. The van der Waals surface area contributed by atoms with Gasteiger partial charge in [0.15, 0.2) is 0 Å². The van der Waals surface area contributed by atoms with E-state index in [2.05, 4.69) is 21.2 Å². The van der Waals surface area contributed by atoms with E-state index in [1.807, 2.05) is 0 Å². The van der Waals surface area contributed by atoms with Gasteiger partial charge in [-0.15, -0.1) is 0 Å². The Labute approximate surface area is 118 Å². The van der Waals surface area contributed by atoms with Gasteiger partial charge in [-0.1, -0.05) is 11.6 Å². The van der Waals surface area contributed by atoms with Gasteiger partial charge in [0.2, 0.25) is 5.91 Å². The highest BCUT2D eigenvalue weighted by atomic mass is 79.9. The van der Waals surface area contributed by atoms with Crippen LogP contribution in [0.25, 0.3) is 0 Å². The van der Waals surface area contributed by atoms with E-state index in [0.717, 1.165) is 4.47 Å². The van der Waals surface area contributed by atoms with E-state index in [9.17, 15) is 9.59 Å². The molecule has 18 heavy (non-hydrogen) atoms. The van der Waals surface area contributed by atoms with Gasteiger partial charge in [-0.3, -0.25) is 9.59 Å². The topological polar surface area (TPSA) is 66.4 Å². The van der Waals surface area contributed by atoms with Crippen LogP contribution in [0, 0.1) is 5.41 Å². The van der Waals surface area contributed by atoms with Crippen molar-refractivity contribution >= 4 is 45.1 Å². The number of carboxylic acid groups (broad SMARTS) is 1. The van der Waals surface area contributed by atoms with Crippen molar-refractivity contribution in [3.8, 4) is 0 Å². The second-order valence-corrected chi connectivity index (χ2v) is 5.80. The van der Waals surface area contributed by atoms with Crippen LogP contribution in [0.3, 0.4) is 0 Å². The van der Waals surface area contributed by atoms with Gasteiger partial charge in [0, 0.05) is 16.6 Å². The standard InChI is InChI=1S/C12H13BrClNO3/c1-12(2,11(17)18)6-10(16)15-7-3-4-8(13)9(14)5-7/h3-5H,6H2,1-2H3,(H,15,16)(H,17,18). The summed E-state index contributed by atoms with van der Waals surface area (Å²) in [4.78, 5) is 22.6. The van der Waals surface area contributed by atoms with E-state index in [1.165, 1.54) is 13.8 Å². The third-order valence-electron chi connectivity index (χ3n) is 2.38. The lowest BCUT2D eigenvalue weighted by Crippen LogP contribution is -2.29. The zero-order valence-corrected chi connectivity index (χ0v) is 12.3. The van der Waals surface area contributed by atoms with Crippen molar-refractivity contribution in [2.75, 3.05) is 5.32 Å². The first-order valence-electron chi connectivity index (χ1n) is 5.20. The number of rotatable bonds is 4. The number of halogens is 2. The Kier molecular flexibility index (Phi) is 4.76. The molecule has 0 unspecified atom stereocenters. The van der Waals surface area contributed by atoms with Crippen LogP contribution in [-0.2, 0) is 9.59 Å². The monoisotopic (exact) mass is 333 g/mol. The molecule has 0 aliphatic rings. The Morgan fingerprint density at radius 2 is 2.06 bits per heavy atom. The Morgan fingerprint density at radius 1 is 1.44 bits per heavy atom. The summed E-state index contributed by atoms with van der Waals surface area (Å²) in [6.07, 6.45) is -0.101. The molecule has 0 aromatic heterocycles. The molecule has 1 rings (SSSR count). The molecule has 0 atom stereocenters. The summed E-state index contributed by atoms with van der Waals surface area (Å²) >= 11 is 9.13. The molecule has 0 fully saturated rings. The highest BCUT2D eigenvalue weighted by Gasteiger charge is 2.30. The summed E-state index contributed by atoms with van der Waals surface area (Å²) in [5, 5.41) is 12.0. The Hall–Kier alpha value is -1.07. The number of amides is 1. The van der Waals surface area contributed by atoms with Gasteiger partial charge >= 0.3 is 5.97 Å². The predicted molar refractivity (Wildman–Crippen MR) is 73.8 cm³/mol. The average Bonchev–Trinajstić information content (AvgIpc) is 2.22. The van der Waals surface area contributed by atoms with Crippen molar-refractivity contribution in [1.29, 1.82) is 0 Å². The maximum atomic E-state index is 11.7. The van der Waals surface area contributed by atoms with Gasteiger partial charge in [0.25, 0.3) is 0 Å². The smallest absolute Gasteiger partial charge is 0.309 e.